The Bertz CT molecular complexity index is 3830. The molecular weight excluding hydrogens is 1000 g/mol. The van der Waals surface area contributed by atoms with Gasteiger partial charge in [-0.15, -0.1) is 0 Å². The fraction of sp³-hybridized carbons (Fsp3) is 0.468. The quantitative estimate of drug-likeness (QED) is 0.163. The summed E-state index contributed by atoms with van der Waals surface area (Å²) < 4.78 is 0. The lowest BCUT2D eigenvalue weighted by molar-refractivity contribution is 0.195. The van der Waals surface area contributed by atoms with E-state index >= 15 is 0 Å². The normalized spacial score (nSPS) is 22.5. The van der Waals surface area contributed by atoms with E-state index in [0.29, 0.717) is 0 Å². The summed E-state index contributed by atoms with van der Waals surface area (Å²) >= 11 is 0. The van der Waals surface area contributed by atoms with Gasteiger partial charge in [-0.05, 0) is 211 Å². The predicted molar refractivity (Wildman–Crippen MR) is 360 cm³/mol. The maximum Gasteiger partial charge on any atom is 0.252 e. The molecule has 3 heterocycles. The van der Waals surface area contributed by atoms with E-state index in [-0.39, 0.29) is 55.6 Å². The summed E-state index contributed by atoms with van der Waals surface area (Å²) in [5.74, 6) is 0. The molecule has 83 heavy (non-hydrogen) atoms. The average Bonchev–Trinajstić information content (AvgIpc) is 1.68. The van der Waals surface area contributed by atoms with Crippen LogP contribution in [0, 0.1) is 6.92 Å². The van der Waals surface area contributed by atoms with Crippen LogP contribution >= 0.6 is 0 Å². The van der Waals surface area contributed by atoms with Gasteiger partial charge in [-0.3, -0.25) is 0 Å². The number of anilines is 8. The molecule has 430 valence electrons. The molecule has 1 fully saturated rings. The zero-order valence-electron chi connectivity index (χ0n) is 54.6. The lowest BCUT2D eigenvalue weighted by Crippen LogP contribution is -2.62. The van der Waals surface area contributed by atoms with Crippen LogP contribution in [0.3, 0.4) is 0 Å². The minimum atomic E-state index is -0.172. The molecular formula is C79H96BN3. The Labute approximate surface area is 501 Å². The van der Waals surface area contributed by atoms with Crippen molar-refractivity contribution in [2.75, 3.05) is 14.7 Å². The van der Waals surface area contributed by atoms with Gasteiger partial charge in [0.2, 0.25) is 0 Å². The van der Waals surface area contributed by atoms with Crippen molar-refractivity contribution < 1.29 is 0 Å². The second kappa shape index (κ2) is 18.0. The highest BCUT2D eigenvalue weighted by atomic mass is 15.3. The number of nitrogens with zero attached hydrogens (tertiary/aromatic N) is 3. The number of benzene rings is 7. The minimum Gasteiger partial charge on any atom is -0.334 e. The SMILES string of the molecule is Cc1cc2c(cc1N1c3cc(C(C)(C)C)ccc3B3c4cc5c(cc4N(c4ccc(C(C)(C)C)cc4-c4ccccc4)c4cc(N6c7ccc(C(C)(C)C)cc7C7(C)CCCCC67C)cc1c43)C(C)(C)CCC5(C)C)C(C)(C)CCC2(C)C. The van der Waals surface area contributed by atoms with Crippen LogP contribution < -0.4 is 31.1 Å². The molecule has 3 aliphatic carbocycles. The molecule has 0 spiro atoms. The molecule has 0 aromatic heterocycles. The molecule has 0 bridgehead atoms. The Morgan fingerprint density at radius 1 is 0.386 bits per heavy atom. The Hall–Kier alpha value is -6.00. The van der Waals surface area contributed by atoms with Crippen LogP contribution in [0.15, 0.2) is 121 Å². The Morgan fingerprint density at radius 2 is 0.855 bits per heavy atom. The topological polar surface area (TPSA) is 9.72 Å². The highest BCUT2D eigenvalue weighted by molar-refractivity contribution is 7.00. The molecule has 2 unspecified atom stereocenters. The van der Waals surface area contributed by atoms with Crippen molar-refractivity contribution in [2.45, 2.75) is 239 Å². The van der Waals surface area contributed by atoms with E-state index in [9.17, 15) is 0 Å². The second-order valence-corrected chi connectivity index (χ2v) is 33.2. The summed E-state index contributed by atoms with van der Waals surface area (Å²) in [5, 5.41) is 0. The molecule has 2 atom stereocenters. The van der Waals surface area contributed by atoms with Gasteiger partial charge in [0.15, 0.2) is 0 Å². The Morgan fingerprint density at radius 3 is 1.43 bits per heavy atom. The molecule has 13 rings (SSSR count). The molecule has 0 radical (unpaired) electrons. The molecule has 6 aliphatic rings. The molecule has 1 saturated carbocycles. The van der Waals surface area contributed by atoms with Crippen molar-refractivity contribution in [3.8, 4) is 11.1 Å². The van der Waals surface area contributed by atoms with Crippen LogP contribution in [0.4, 0.5) is 45.5 Å². The highest BCUT2D eigenvalue weighted by Crippen LogP contribution is 2.63. The van der Waals surface area contributed by atoms with E-state index in [4.69, 9.17) is 0 Å². The van der Waals surface area contributed by atoms with Gasteiger partial charge in [0.05, 0.1) is 11.2 Å². The fourth-order valence-corrected chi connectivity index (χ4v) is 16.8. The summed E-state index contributed by atoms with van der Waals surface area (Å²) in [6.45, 7) is 49.2. The van der Waals surface area contributed by atoms with Gasteiger partial charge in [0, 0.05) is 50.8 Å². The summed E-state index contributed by atoms with van der Waals surface area (Å²) in [6, 6.07) is 50.2. The zero-order valence-corrected chi connectivity index (χ0v) is 54.6. The number of rotatable bonds is 4. The molecule has 3 nitrogen and oxygen atoms in total. The first kappa shape index (κ1) is 56.2. The molecule has 4 heteroatoms. The van der Waals surface area contributed by atoms with E-state index in [1.54, 1.807) is 0 Å². The average molecular weight is 1100 g/mol. The van der Waals surface area contributed by atoms with Gasteiger partial charge in [-0.2, -0.15) is 0 Å². The van der Waals surface area contributed by atoms with Crippen LogP contribution in [-0.2, 0) is 43.3 Å². The Kier molecular flexibility index (Phi) is 12.2. The van der Waals surface area contributed by atoms with Gasteiger partial charge < -0.3 is 14.7 Å². The molecule has 0 N–H and O–H groups in total. The van der Waals surface area contributed by atoms with Crippen LogP contribution in [0.25, 0.3) is 11.1 Å². The van der Waals surface area contributed by atoms with E-state index in [1.165, 1.54) is 149 Å². The number of fused-ring (bicyclic) bond motifs is 9. The monoisotopic (exact) mass is 1100 g/mol. The van der Waals surface area contributed by atoms with E-state index in [2.05, 4.69) is 275 Å². The maximum atomic E-state index is 2.89. The van der Waals surface area contributed by atoms with Gasteiger partial charge >= 0.3 is 0 Å². The fourth-order valence-electron chi connectivity index (χ4n) is 16.8. The van der Waals surface area contributed by atoms with Crippen LogP contribution in [0.5, 0.6) is 0 Å². The lowest BCUT2D eigenvalue weighted by Gasteiger charge is -2.51. The van der Waals surface area contributed by atoms with Gasteiger partial charge in [-0.25, -0.2) is 0 Å². The van der Waals surface area contributed by atoms with Crippen molar-refractivity contribution >= 4 is 68.6 Å². The summed E-state index contributed by atoms with van der Waals surface area (Å²) in [6.07, 6.45) is 9.43. The van der Waals surface area contributed by atoms with Crippen LogP contribution in [-0.4, -0.2) is 12.3 Å². The second-order valence-electron chi connectivity index (χ2n) is 33.2. The first-order chi connectivity index (χ1) is 38.7. The van der Waals surface area contributed by atoms with Crippen LogP contribution in [0.1, 0.15) is 233 Å². The third-order valence-corrected chi connectivity index (χ3v) is 22.7. The first-order valence-corrected chi connectivity index (χ1v) is 32.1. The highest BCUT2D eigenvalue weighted by Gasteiger charge is 2.59. The maximum absolute atomic E-state index is 2.89. The lowest BCUT2D eigenvalue weighted by atomic mass is 9.33. The molecule has 7 aromatic carbocycles. The van der Waals surface area contributed by atoms with Crippen molar-refractivity contribution in [1.82, 2.24) is 0 Å². The standard InChI is InChI=1S/C79H96BN3/c1-49-40-56-58(76(15,16)38-36-74(56,11)12)47-65(49)82-66-43-53(73(8,9)10)28-31-61(66)80-62-46-57-59(77(17,18)39-37-75(57,13)14)48-67(62)81(63-32-29-51(71(2,3)4)41-55(63)50-26-22-21-23-27-50)68-44-54(45-69(82)70(68)80)83-64-33-30-52(72(5,6)7)42-60(64)78(19)34-24-25-35-79(78,83)20/h21-23,26-33,40-48H,24-25,34-39H2,1-20H3. The van der Waals surface area contributed by atoms with Crippen molar-refractivity contribution in [2.24, 2.45) is 0 Å². The summed E-state index contributed by atoms with van der Waals surface area (Å²) in [4.78, 5) is 8.48. The third kappa shape index (κ3) is 8.37. The molecule has 0 saturated heterocycles. The molecule has 3 aliphatic heterocycles. The zero-order chi connectivity index (χ0) is 59.3. The number of hydrogen-bond acceptors (Lipinski definition) is 3. The summed E-state index contributed by atoms with van der Waals surface area (Å²) in [7, 11) is 0. The van der Waals surface area contributed by atoms with E-state index in [0.717, 1.165) is 25.7 Å². The van der Waals surface area contributed by atoms with E-state index < -0.39 is 0 Å². The number of aryl methyl sites for hydroxylation is 1. The van der Waals surface area contributed by atoms with Crippen molar-refractivity contribution in [3.05, 3.63) is 171 Å². The number of hydrogen-bond donors (Lipinski definition) is 0. The third-order valence-electron chi connectivity index (χ3n) is 22.7. The van der Waals surface area contributed by atoms with Crippen molar-refractivity contribution in [3.63, 3.8) is 0 Å². The van der Waals surface area contributed by atoms with Crippen LogP contribution in [0.2, 0.25) is 0 Å². The van der Waals surface area contributed by atoms with E-state index in [1.807, 2.05) is 0 Å². The predicted octanol–water partition coefficient (Wildman–Crippen LogP) is 20.1. The smallest absolute Gasteiger partial charge is 0.252 e. The first-order valence-electron chi connectivity index (χ1n) is 32.1. The van der Waals surface area contributed by atoms with Crippen molar-refractivity contribution in [1.29, 1.82) is 0 Å². The molecule has 0 amide bonds. The van der Waals surface area contributed by atoms with Gasteiger partial charge in [0.25, 0.3) is 6.71 Å². The van der Waals surface area contributed by atoms with Gasteiger partial charge in [0.1, 0.15) is 0 Å². The Balaban J connectivity index is 1.22. The summed E-state index contributed by atoms with van der Waals surface area (Å²) in [5.41, 5.74) is 30.0. The van der Waals surface area contributed by atoms with Gasteiger partial charge in [-0.1, -0.05) is 210 Å². The molecule has 7 aromatic rings. The minimum absolute atomic E-state index is 0.00239. The largest absolute Gasteiger partial charge is 0.334 e.